The number of carbonyl (C=O) groups excluding carboxylic acids is 1. The van der Waals surface area contributed by atoms with Crippen molar-refractivity contribution in [3.8, 4) is 11.8 Å². The maximum atomic E-state index is 14.0. The van der Waals surface area contributed by atoms with Gasteiger partial charge in [0.1, 0.15) is 0 Å². The summed E-state index contributed by atoms with van der Waals surface area (Å²) in [5, 5.41) is 9.82. The highest BCUT2D eigenvalue weighted by Gasteiger charge is 2.34. The van der Waals surface area contributed by atoms with Crippen molar-refractivity contribution in [1.82, 2.24) is 29.5 Å². The number of alkyl halides is 3. The lowest BCUT2D eigenvalue weighted by Gasteiger charge is -2.33. The smallest absolute Gasteiger partial charge is 0.322 e. The molecule has 0 aliphatic carbocycles. The molecule has 4 aromatic rings. The highest BCUT2D eigenvalue weighted by molar-refractivity contribution is 6.04. The summed E-state index contributed by atoms with van der Waals surface area (Å²) in [6.07, 6.45) is 0.534. The van der Waals surface area contributed by atoms with Gasteiger partial charge in [0.05, 0.1) is 28.7 Å². The van der Waals surface area contributed by atoms with E-state index in [4.69, 9.17) is 0 Å². The number of anilines is 3. The fourth-order valence-electron chi connectivity index (χ4n) is 4.80. The van der Waals surface area contributed by atoms with Crippen molar-refractivity contribution in [2.75, 3.05) is 43.9 Å². The fraction of sp³-hybridized carbons (Fsp3) is 0.312. The number of hydrogen-bond acceptors (Lipinski definition) is 7. The van der Waals surface area contributed by atoms with Gasteiger partial charge in [0.15, 0.2) is 0 Å². The number of rotatable bonds is 6. The lowest BCUT2D eigenvalue weighted by atomic mass is 10.0. The van der Waals surface area contributed by atoms with Crippen LogP contribution in [-0.2, 0) is 19.8 Å². The molecule has 5 rings (SSSR count). The van der Waals surface area contributed by atoms with Crippen molar-refractivity contribution >= 4 is 23.2 Å². The van der Waals surface area contributed by atoms with Crippen LogP contribution in [0, 0.1) is 25.7 Å². The van der Waals surface area contributed by atoms with Crippen molar-refractivity contribution in [1.29, 1.82) is 0 Å². The van der Waals surface area contributed by atoms with Gasteiger partial charge in [-0.2, -0.15) is 18.3 Å². The van der Waals surface area contributed by atoms with Crippen LogP contribution in [-0.4, -0.2) is 68.7 Å². The summed E-state index contributed by atoms with van der Waals surface area (Å²) >= 11 is 0. The number of nitrogens with zero attached hydrogens (tertiary/aromatic N) is 6. The van der Waals surface area contributed by atoms with Crippen LogP contribution >= 0.6 is 0 Å². The zero-order chi connectivity index (χ0) is 31.4. The van der Waals surface area contributed by atoms with Crippen LogP contribution in [0.15, 0.2) is 55.0 Å². The fourth-order valence-corrected chi connectivity index (χ4v) is 4.80. The Hall–Kier alpha value is -4.73. The van der Waals surface area contributed by atoms with Crippen LogP contribution in [0.3, 0.4) is 0 Å². The second kappa shape index (κ2) is 12.9. The number of likely N-dealkylation sites (N-methyl/N-ethyl adjacent to an activating group) is 1. The molecule has 0 atom stereocenters. The molecule has 2 N–H and O–H groups in total. The molecule has 12 heteroatoms. The maximum absolute atomic E-state index is 14.0. The standard InChI is InChI=1S/C32H33F3N8O/c1-21-5-6-24(15-23(21)7-8-25-17-36-31(38-22(25)2)40-28-18-37-42(4)20-28)30(44)39-27-10-9-26(29(16-27)32(33,34)35)19-43-13-11-41(3)12-14-43/h5-6,9-10,15-18,20H,11-14,19H2,1-4H3,(H,39,44)(H,36,38,40). The second-order valence-electron chi connectivity index (χ2n) is 10.9. The first kappa shape index (κ1) is 30.7. The number of aromatic nitrogens is 4. The Morgan fingerprint density at radius 3 is 2.39 bits per heavy atom. The second-order valence-corrected chi connectivity index (χ2v) is 10.9. The zero-order valence-electron chi connectivity index (χ0n) is 25.0. The first-order valence-electron chi connectivity index (χ1n) is 14.1. The van der Waals surface area contributed by atoms with Gasteiger partial charge in [-0.1, -0.05) is 24.0 Å². The summed E-state index contributed by atoms with van der Waals surface area (Å²) in [5.41, 5.74) is 3.28. The lowest BCUT2D eigenvalue weighted by molar-refractivity contribution is -0.138. The van der Waals surface area contributed by atoms with Crippen LogP contribution in [0.25, 0.3) is 0 Å². The van der Waals surface area contributed by atoms with Gasteiger partial charge in [0.2, 0.25) is 5.95 Å². The minimum atomic E-state index is -4.55. The molecule has 2 aromatic carbocycles. The van der Waals surface area contributed by atoms with Crippen molar-refractivity contribution in [3.63, 3.8) is 0 Å². The number of amides is 1. The van der Waals surface area contributed by atoms with Gasteiger partial charge in [0, 0.05) is 69.0 Å². The predicted octanol–water partition coefficient (Wildman–Crippen LogP) is 4.99. The van der Waals surface area contributed by atoms with Crippen LogP contribution in [0.4, 0.5) is 30.5 Å². The first-order valence-corrected chi connectivity index (χ1v) is 14.1. The number of nitrogens with one attached hydrogen (secondary N) is 2. The van der Waals surface area contributed by atoms with Crippen LogP contribution in [0.5, 0.6) is 0 Å². The lowest BCUT2D eigenvalue weighted by Crippen LogP contribution is -2.44. The normalized spacial score (nSPS) is 14.2. The van der Waals surface area contributed by atoms with Crippen LogP contribution in [0.2, 0.25) is 0 Å². The largest absolute Gasteiger partial charge is 0.416 e. The summed E-state index contributed by atoms with van der Waals surface area (Å²) < 4.78 is 43.7. The molecule has 44 heavy (non-hydrogen) atoms. The van der Waals surface area contributed by atoms with Crippen molar-refractivity contribution in [3.05, 3.63) is 94.1 Å². The van der Waals surface area contributed by atoms with Crippen molar-refractivity contribution in [2.24, 2.45) is 7.05 Å². The molecule has 228 valence electrons. The Bertz CT molecular complexity index is 1730. The molecule has 1 saturated heterocycles. The first-order chi connectivity index (χ1) is 20.9. The SMILES string of the molecule is Cc1ccc(C(=O)Nc2ccc(CN3CCN(C)CC3)c(C(F)(F)F)c2)cc1C#Cc1cnc(Nc2cnn(C)c2)nc1C. The molecule has 9 nitrogen and oxygen atoms in total. The van der Waals surface area contributed by atoms with Crippen LogP contribution < -0.4 is 10.6 Å². The molecular weight excluding hydrogens is 569 g/mol. The number of benzene rings is 2. The average molecular weight is 603 g/mol. The van der Waals surface area contributed by atoms with E-state index >= 15 is 0 Å². The van der Waals surface area contributed by atoms with Crippen molar-refractivity contribution < 1.29 is 18.0 Å². The molecule has 1 fully saturated rings. The third kappa shape index (κ3) is 7.61. The van der Waals surface area contributed by atoms with E-state index in [-0.39, 0.29) is 23.4 Å². The van der Waals surface area contributed by atoms with E-state index in [1.54, 1.807) is 41.5 Å². The highest BCUT2D eigenvalue weighted by Crippen LogP contribution is 2.35. The molecule has 1 aliphatic rings. The van der Waals surface area contributed by atoms with Crippen molar-refractivity contribution in [2.45, 2.75) is 26.6 Å². The molecule has 3 heterocycles. The number of carbonyl (C=O) groups is 1. The average Bonchev–Trinajstić information content (AvgIpc) is 3.39. The molecule has 2 aromatic heterocycles. The predicted molar refractivity (Wildman–Crippen MR) is 163 cm³/mol. The molecule has 1 aliphatic heterocycles. The monoisotopic (exact) mass is 602 g/mol. The Morgan fingerprint density at radius 2 is 1.70 bits per heavy atom. The quantitative estimate of drug-likeness (QED) is 0.301. The van der Waals surface area contributed by atoms with E-state index < -0.39 is 17.6 Å². The van der Waals surface area contributed by atoms with Gasteiger partial charge in [-0.15, -0.1) is 0 Å². The van der Waals surface area contributed by atoms with E-state index in [2.05, 4.69) is 42.4 Å². The van der Waals surface area contributed by atoms with E-state index in [0.717, 1.165) is 30.4 Å². The molecule has 1 amide bonds. The summed E-state index contributed by atoms with van der Waals surface area (Å²) in [6, 6.07) is 8.97. The molecule has 0 bridgehead atoms. The van der Waals surface area contributed by atoms with Gasteiger partial charge in [0.25, 0.3) is 5.91 Å². The minimum Gasteiger partial charge on any atom is -0.322 e. The Balaban J connectivity index is 1.30. The van der Waals surface area contributed by atoms with E-state index in [9.17, 15) is 18.0 Å². The molecule has 0 unspecified atom stereocenters. The van der Waals surface area contributed by atoms with Crippen LogP contribution in [0.1, 0.15) is 43.9 Å². The third-order valence-electron chi connectivity index (χ3n) is 7.43. The van der Waals surface area contributed by atoms with Gasteiger partial charge in [-0.25, -0.2) is 9.97 Å². The molecule has 0 radical (unpaired) electrons. The maximum Gasteiger partial charge on any atom is 0.416 e. The van der Waals surface area contributed by atoms with E-state index in [0.29, 0.717) is 35.9 Å². The topological polar surface area (TPSA) is 91.2 Å². The van der Waals surface area contributed by atoms with Gasteiger partial charge >= 0.3 is 6.18 Å². The van der Waals surface area contributed by atoms with E-state index in [1.165, 1.54) is 12.1 Å². The Kier molecular flexibility index (Phi) is 8.98. The highest BCUT2D eigenvalue weighted by atomic mass is 19.4. The van der Waals surface area contributed by atoms with Gasteiger partial charge in [-0.3, -0.25) is 14.4 Å². The van der Waals surface area contributed by atoms with Gasteiger partial charge < -0.3 is 15.5 Å². The number of hydrogen-bond donors (Lipinski definition) is 2. The zero-order valence-corrected chi connectivity index (χ0v) is 25.0. The Morgan fingerprint density at radius 1 is 0.955 bits per heavy atom. The van der Waals surface area contributed by atoms with Gasteiger partial charge in [-0.05, 0) is 56.3 Å². The third-order valence-corrected chi connectivity index (χ3v) is 7.43. The number of halogens is 3. The minimum absolute atomic E-state index is 0.0745. The number of aryl methyl sites for hydroxylation is 3. The molecule has 0 saturated carbocycles. The van der Waals surface area contributed by atoms with E-state index in [1.807, 2.05) is 32.8 Å². The number of piperazine rings is 1. The summed E-state index contributed by atoms with van der Waals surface area (Å²) in [4.78, 5) is 26.1. The summed E-state index contributed by atoms with van der Waals surface area (Å²) in [6.45, 7) is 6.90. The molecular formula is C32H33F3N8O. The summed E-state index contributed by atoms with van der Waals surface area (Å²) in [5.74, 6) is 6.03. The summed E-state index contributed by atoms with van der Waals surface area (Å²) in [7, 11) is 3.81. The molecule has 0 spiro atoms. The Labute approximate surface area is 254 Å².